The van der Waals surface area contributed by atoms with Crippen LogP contribution < -0.4 is 5.32 Å². The van der Waals surface area contributed by atoms with Crippen LogP contribution in [0.4, 0.5) is 5.82 Å². The number of esters is 1. The molecule has 1 unspecified atom stereocenters. The van der Waals surface area contributed by atoms with Gasteiger partial charge in [-0.2, -0.15) is 0 Å². The maximum atomic E-state index is 11.4. The first kappa shape index (κ1) is 12.2. The number of hydrogen-bond acceptors (Lipinski definition) is 7. The third-order valence-corrected chi connectivity index (χ3v) is 2.48. The fourth-order valence-electron chi connectivity index (χ4n) is 1.53. The molecule has 0 aliphatic rings. The van der Waals surface area contributed by atoms with Crippen LogP contribution >= 0.6 is 0 Å². The van der Waals surface area contributed by atoms with E-state index in [0.717, 1.165) is 0 Å². The highest BCUT2D eigenvalue weighted by Crippen LogP contribution is 2.13. The van der Waals surface area contributed by atoms with E-state index in [-0.39, 0.29) is 0 Å². The number of carbonyl (C=O) groups is 1. The van der Waals surface area contributed by atoms with Crippen molar-refractivity contribution in [3.63, 3.8) is 0 Å². The van der Waals surface area contributed by atoms with Gasteiger partial charge in [0, 0.05) is 12.4 Å². The fourth-order valence-corrected chi connectivity index (χ4v) is 1.53. The Morgan fingerprint density at radius 2 is 2.39 bits per heavy atom. The van der Waals surface area contributed by atoms with Gasteiger partial charge in [0.2, 0.25) is 5.65 Å². The lowest BCUT2D eigenvalue weighted by Gasteiger charge is -2.14. The number of hydrogen-bond donors (Lipinski definition) is 2. The molecule has 2 heterocycles. The van der Waals surface area contributed by atoms with Crippen LogP contribution in [0, 0.1) is 6.92 Å². The average Bonchev–Trinajstić information content (AvgIpc) is 2.78. The van der Waals surface area contributed by atoms with E-state index in [9.17, 15) is 4.79 Å². The molecule has 96 valence electrons. The predicted octanol–water partition coefficient (Wildman–Crippen LogP) is -0.621. The van der Waals surface area contributed by atoms with Crippen molar-refractivity contribution < 1.29 is 14.6 Å². The zero-order valence-electron chi connectivity index (χ0n) is 9.99. The molecule has 2 aromatic rings. The Bertz CT molecular complexity index is 568. The van der Waals surface area contributed by atoms with Crippen LogP contribution in [0.2, 0.25) is 0 Å². The van der Waals surface area contributed by atoms with Gasteiger partial charge in [0.25, 0.3) is 0 Å². The average molecular weight is 251 g/mol. The number of ether oxygens (including phenoxy) is 1. The fraction of sp³-hybridized carbons (Fsp3) is 0.400. The largest absolute Gasteiger partial charge is 0.467 e. The molecule has 8 heteroatoms. The Labute approximate surface area is 103 Å². The van der Waals surface area contributed by atoms with Crippen LogP contribution in [0.15, 0.2) is 12.4 Å². The minimum atomic E-state index is -0.884. The summed E-state index contributed by atoms with van der Waals surface area (Å²) in [7, 11) is 1.25. The van der Waals surface area contributed by atoms with Gasteiger partial charge in [0.1, 0.15) is 11.9 Å². The van der Waals surface area contributed by atoms with Crippen molar-refractivity contribution in [3.8, 4) is 0 Å². The molecule has 0 aliphatic heterocycles. The molecule has 0 aliphatic carbocycles. The molecular formula is C10H13N5O3. The second-order valence-corrected chi connectivity index (χ2v) is 3.62. The number of carbonyl (C=O) groups excluding carboxylic acids is 1. The highest BCUT2D eigenvalue weighted by molar-refractivity contribution is 5.80. The lowest BCUT2D eigenvalue weighted by atomic mass is 10.3. The molecule has 0 saturated carbocycles. The topological polar surface area (TPSA) is 102 Å². The van der Waals surface area contributed by atoms with Gasteiger partial charge in [-0.15, -0.1) is 10.2 Å². The molecule has 2 N–H and O–H groups in total. The molecular weight excluding hydrogens is 238 g/mol. The highest BCUT2D eigenvalue weighted by Gasteiger charge is 2.20. The summed E-state index contributed by atoms with van der Waals surface area (Å²) in [6.45, 7) is 1.40. The molecule has 0 amide bonds. The van der Waals surface area contributed by atoms with Gasteiger partial charge in [0.05, 0.1) is 13.7 Å². The van der Waals surface area contributed by atoms with E-state index in [1.807, 2.05) is 0 Å². The number of nitrogens with zero attached hydrogens (tertiary/aromatic N) is 4. The summed E-state index contributed by atoms with van der Waals surface area (Å²) < 4.78 is 6.28. The Morgan fingerprint density at radius 1 is 1.61 bits per heavy atom. The second kappa shape index (κ2) is 4.96. The number of aryl methyl sites for hydroxylation is 1. The van der Waals surface area contributed by atoms with Gasteiger partial charge >= 0.3 is 5.97 Å². The number of aromatic nitrogens is 4. The zero-order valence-corrected chi connectivity index (χ0v) is 9.99. The molecule has 1 atom stereocenters. The molecule has 0 bridgehead atoms. The zero-order chi connectivity index (χ0) is 13.1. The Hall–Kier alpha value is -2.22. The standard InChI is InChI=1S/C10H13N5O3/c1-6-13-14-9-8(11-3-4-15(6)9)12-7(5-16)10(17)18-2/h3-4,7,16H,5H2,1-2H3,(H,11,12). The van der Waals surface area contributed by atoms with Gasteiger partial charge in [0.15, 0.2) is 5.82 Å². The molecule has 0 aromatic carbocycles. The number of fused-ring (bicyclic) bond motifs is 1. The summed E-state index contributed by atoms with van der Waals surface area (Å²) in [6, 6.07) is -0.884. The third-order valence-electron chi connectivity index (χ3n) is 2.48. The van der Waals surface area contributed by atoms with Crippen molar-refractivity contribution >= 4 is 17.4 Å². The molecule has 0 radical (unpaired) electrons. The van der Waals surface area contributed by atoms with E-state index < -0.39 is 18.6 Å². The monoisotopic (exact) mass is 251 g/mol. The normalized spacial score (nSPS) is 12.4. The van der Waals surface area contributed by atoms with E-state index in [0.29, 0.717) is 17.3 Å². The van der Waals surface area contributed by atoms with E-state index >= 15 is 0 Å². The molecule has 2 rings (SSSR count). The lowest BCUT2D eigenvalue weighted by molar-refractivity contribution is -0.142. The van der Waals surface area contributed by atoms with Crippen molar-refractivity contribution in [1.82, 2.24) is 19.6 Å². The summed E-state index contributed by atoms with van der Waals surface area (Å²) in [6.07, 6.45) is 3.26. The van der Waals surface area contributed by atoms with Crippen LogP contribution in [-0.4, -0.2) is 50.4 Å². The van der Waals surface area contributed by atoms with Gasteiger partial charge in [-0.05, 0) is 6.92 Å². The maximum Gasteiger partial charge on any atom is 0.330 e. The lowest BCUT2D eigenvalue weighted by Crippen LogP contribution is -2.34. The minimum absolute atomic E-state index is 0.363. The van der Waals surface area contributed by atoms with Gasteiger partial charge < -0.3 is 15.2 Å². The van der Waals surface area contributed by atoms with E-state index in [1.54, 1.807) is 23.7 Å². The van der Waals surface area contributed by atoms with Gasteiger partial charge in [-0.1, -0.05) is 0 Å². The summed E-state index contributed by atoms with van der Waals surface area (Å²) in [5, 5.41) is 19.8. The van der Waals surface area contributed by atoms with E-state index in [1.165, 1.54) is 7.11 Å². The third kappa shape index (κ3) is 2.09. The highest BCUT2D eigenvalue weighted by atomic mass is 16.5. The predicted molar refractivity (Wildman–Crippen MR) is 62.0 cm³/mol. The quantitative estimate of drug-likeness (QED) is 0.698. The van der Waals surface area contributed by atoms with Crippen LogP contribution in [-0.2, 0) is 9.53 Å². The second-order valence-electron chi connectivity index (χ2n) is 3.62. The van der Waals surface area contributed by atoms with Gasteiger partial charge in [-0.25, -0.2) is 9.78 Å². The maximum absolute atomic E-state index is 11.4. The first-order valence-corrected chi connectivity index (χ1v) is 5.29. The summed E-state index contributed by atoms with van der Waals surface area (Å²) in [5.41, 5.74) is 0.484. The van der Waals surface area contributed by atoms with Crippen molar-refractivity contribution in [2.45, 2.75) is 13.0 Å². The molecule has 0 saturated heterocycles. The molecule has 8 nitrogen and oxygen atoms in total. The van der Waals surface area contributed by atoms with Crippen LogP contribution in [0.1, 0.15) is 5.82 Å². The number of aliphatic hydroxyl groups is 1. The van der Waals surface area contributed by atoms with Crippen LogP contribution in [0.25, 0.3) is 5.65 Å². The summed E-state index contributed by atoms with van der Waals surface area (Å²) in [4.78, 5) is 15.4. The molecule has 0 spiro atoms. The van der Waals surface area contributed by atoms with Crippen molar-refractivity contribution in [2.24, 2.45) is 0 Å². The van der Waals surface area contributed by atoms with Crippen LogP contribution in [0.3, 0.4) is 0 Å². The first-order chi connectivity index (χ1) is 8.67. The first-order valence-electron chi connectivity index (χ1n) is 5.29. The summed E-state index contributed by atoms with van der Waals surface area (Å²) >= 11 is 0. The van der Waals surface area contributed by atoms with Crippen molar-refractivity contribution in [3.05, 3.63) is 18.2 Å². The van der Waals surface area contributed by atoms with Crippen molar-refractivity contribution in [1.29, 1.82) is 0 Å². The number of nitrogens with one attached hydrogen (secondary N) is 1. The molecule has 18 heavy (non-hydrogen) atoms. The smallest absolute Gasteiger partial charge is 0.330 e. The SMILES string of the molecule is COC(=O)C(CO)Nc1nccn2c(C)nnc12. The van der Waals surface area contributed by atoms with Crippen LogP contribution in [0.5, 0.6) is 0 Å². The number of methoxy groups -OCH3 is 1. The molecule has 0 fully saturated rings. The molecule has 2 aromatic heterocycles. The van der Waals surface area contributed by atoms with E-state index in [2.05, 4.69) is 25.2 Å². The number of aliphatic hydroxyl groups excluding tert-OH is 1. The van der Waals surface area contributed by atoms with Crippen molar-refractivity contribution in [2.75, 3.05) is 19.0 Å². The Kier molecular flexibility index (Phi) is 3.38. The number of anilines is 1. The minimum Gasteiger partial charge on any atom is -0.467 e. The van der Waals surface area contributed by atoms with Gasteiger partial charge in [-0.3, -0.25) is 4.40 Å². The Balaban J connectivity index is 2.33. The Morgan fingerprint density at radius 3 is 3.06 bits per heavy atom. The van der Waals surface area contributed by atoms with E-state index in [4.69, 9.17) is 5.11 Å². The number of rotatable bonds is 4. The summed E-state index contributed by atoms with van der Waals surface area (Å²) in [5.74, 6) is 0.495.